The van der Waals surface area contributed by atoms with E-state index in [9.17, 15) is 13.9 Å². The van der Waals surface area contributed by atoms with E-state index in [1.165, 1.54) is 16.7 Å². The number of aryl methyl sites for hydroxylation is 1. The molecular weight excluding hydrogens is 384 g/mol. The van der Waals surface area contributed by atoms with Crippen LogP contribution in [0.15, 0.2) is 52.8 Å². The molecule has 2 aromatic carbocycles. The van der Waals surface area contributed by atoms with Crippen molar-refractivity contribution in [1.82, 2.24) is 4.90 Å². The molecular formula is C20H23ClN2O3S. The third-order valence-electron chi connectivity index (χ3n) is 5.07. The molecule has 0 unspecified atom stereocenters. The molecule has 0 spiro atoms. The summed E-state index contributed by atoms with van der Waals surface area (Å²) < 4.78 is 20.1. The number of fused-ring (bicyclic) bond motifs is 1. The number of carbonyl (C=O) groups is 1. The molecule has 7 heteroatoms. The van der Waals surface area contributed by atoms with Gasteiger partial charge in [-0.25, -0.2) is 0 Å². The van der Waals surface area contributed by atoms with Gasteiger partial charge in [-0.1, -0.05) is 24.3 Å². The van der Waals surface area contributed by atoms with E-state index in [1.807, 2.05) is 17.0 Å². The van der Waals surface area contributed by atoms with Gasteiger partial charge in [0.2, 0.25) is 0 Å². The Bertz CT molecular complexity index is 893. The lowest BCUT2D eigenvalue weighted by Gasteiger charge is -2.37. The van der Waals surface area contributed by atoms with Crippen LogP contribution >= 0.6 is 23.0 Å². The molecule has 2 aliphatic heterocycles. The van der Waals surface area contributed by atoms with E-state index in [0.29, 0.717) is 29.1 Å². The maximum atomic E-state index is 13.0. The minimum atomic E-state index is -2.90. The second kappa shape index (κ2) is 7.56. The summed E-state index contributed by atoms with van der Waals surface area (Å²) in [5.41, 5.74) is 3.64. The minimum absolute atomic E-state index is 0. The van der Waals surface area contributed by atoms with Crippen LogP contribution in [0.4, 0.5) is 5.69 Å². The Labute approximate surface area is 167 Å². The van der Waals surface area contributed by atoms with Gasteiger partial charge in [0.25, 0.3) is 5.91 Å². The first-order chi connectivity index (χ1) is 12.5. The predicted molar refractivity (Wildman–Crippen MR) is 113 cm³/mol. The third kappa shape index (κ3) is 3.58. The van der Waals surface area contributed by atoms with Crippen molar-refractivity contribution < 1.29 is 13.9 Å². The Kier molecular flexibility index (Phi) is 5.53. The number of carbonyl (C=O) groups excluding carboxylic acids is 1. The van der Waals surface area contributed by atoms with E-state index >= 15 is 0 Å². The van der Waals surface area contributed by atoms with Crippen LogP contribution in [0.25, 0.3) is 6.08 Å². The number of halogens is 1. The van der Waals surface area contributed by atoms with Gasteiger partial charge in [0.15, 0.2) is 0 Å². The van der Waals surface area contributed by atoms with Crippen LogP contribution in [0.2, 0.25) is 0 Å². The molecule has 0 atom stereocenters. The summed E-state index contributed by atoms with van der Waals surface area (Å²) in [4.78, 5) is 17.6. The van der Waals surface area contributed by atoms with Crippen LogP contribution in [-0.4, -0.2) is 46.1 Å². The number of hydrogen-bond acceptors (Lipinski definition) is 4. The largest absolute Gasteiger partial charge is 0.368 e. The number of piperazine rings is 1. The summed E-state index contributed by atoms with van der Waals surface area (Å²) >= 11 is 0. The Morgan fingerprint density at radius 1 is 1.00 bits per heavy atom. The molecule has 2 aromatic rings. The van der Waals surface area contributed by atoms with E-state index in [1.54, 1.807) is 24.3 Å². The zero-order valence-corrected chi connectivity index (χ0v) is 16.7. The molecule has 0 aliphatic carbocycles. The fourth-order valence-corrected chi connectivity index (χ4v) is 4.89. The quantitative estimate of drug-likeness (QED) is 0.772. The topological polar surface area (TPSA) is 64.0 Å². The lowest BCUT2D eigenvalue weighted by molar-refractivity contribution is 0.0746. The molecule has 5 nitrogen and oxygen atoms in total. The first-order valence-corrected chi connectivity index (χ1v) is 10.3. The van der Waals surface area contributed by atoms with Crippen LogP contribution in [0.5, 0.6) is 0 Å². The van der Waals surface area contributed by atoms with Crippen molar-refractivity contribution in [3.8, 4) is 0 Å². The number of nitrogens with zero attached hydrogens (tertiary/aromatic N) is 2. The van der Waals surface area contributed by atoms with Crippen molar-refractivity contribution in [2.75, 3.05) is 31.1 Å². The molecule has 144 valence electrons. The number of rotatable bonds is 2. The summed E-state index contributed by atoms with van der Waals surface area (Å²) in [5, 5.41) is 1.39. The van der Waals surface area contributed by atoms with E-state index in [0.717, 1.165) is 13.1 Å². The van der Waals surface area contributed by atoms with Crippen molar-refractivity contribution in [1.29, 1.82) is 0 Å². The lowest BCUT2D eigenvalue weighted by atomic mass is 10.1. The third-order valence-corrected chi connectivity index (χ3v) is 6.59. The molecule has 0 radical (unpaired) electrons. The van der Waals surface area contributed by atoms with E-state index in [4.69, 9.17) is 0 Å². The average Bonchev–Trinajstić information content (AvgIpc) is 2.97. The molecule has 0 aromatic heterocycles. The highest BCUT2D eigenvalue weighted by molar-refractivity contribution is 8.27. The Balaban J connectivity index is 0.00000210. The maximum absolute atomic E-state index is 13.0. The monoisotopic (exact) mass is 406 g/mol. The standard InChI is InChI=1S/C20H22N2O3S.ClH/c1-15-5-2-3-7-18(15)21-10-12-22(13-11-21)20(23)17-6-4-8-19-16(17)9-14-26(19,24)25;/h2-9,14,24-25H,10-13H2,1H3;1H. The number of anilines is 1. The van der Waals surface area contributed by atoms with Gasteiger partial charge in [-0.15, -0.1) is 23.0 Å². The smallest absolute Gasteiger partial charge is 0.254 e. The fraction of sp³-hybridized carbons (Fsp3) is 0.250. The minimum Gasteiger partial charge on any atom is -0.368 e. The van der Waals surface area contributed by atoms with Crippen LogP contribution in [0.1, 0.15) is 21.5 Å². The van der Waals surface area contributed by atoms with Gasteiger partial charge in [0.1, 0.15) is 0 Å². The highest BCUT2D eigenvalue weighted by Crippen LogP contribution is 2.56. The van der Waals surface area contributed by atoms with Gasteiger partial charge in [0.05, 0.1) is 4.90 Å². The summed E-state index contributed by atoms with van der Waals surface area (Å²) in [6, 6.07) is 13.5. The lowest BCUT2D eigenvalue weighted by Crippen LogP contribution is -2.49. The van der Waals surface area contributed by atoms with Crippen molar-refractivity contribution >= 4 is 40.7 Å². The second-order valence-electron chi connectivity index (χ2n) is 6.68. The summed E-state index contributed by atoms with van der Waals surface area (Å²) in [5.74, 6) is -0.0481. The normalized spacial score (nSPS) is 18.6. The van der Waals surface area contributed by atoms with Gasteiger partial charge in [-0.3, -0.25) is 13.9 Å². The summed E-state index contributed by atoms with van der Waals surface area (Å²) in [6.07, 6.45) is 1.65. The van der Waals surface area contributed by atoms with Crippen molar-refractivity contribution in [2.45, 2.75) is 11.8 Å². The highest BCUT2D eigenvalue weighted by atomic mass is 35.5. The van der Waals surface area contributed by atoms with Crippen molar-refractivity contribution in [3.05, 3.63) is 64.6 Å². The molecule has 1 saturated heterocycles. The molecule has 0 saturated carbocycles. The second-order valence-corrected chi connectivity index (χ2v) is 8.58. The van der Waals surface area contributed by atoms with E-state index < -0.39 is 10.6 Å². The first-order valence-electron chi connectivity index (χ1n) is 8.66. The highest BCUT2D eigenvalue weighted by Gasteiger charge is 2.29. The van der Waals surface area contributed by atoms with E-state index in [-0.39, 0.29) is 18.3 Å². The summed E-state index contributed by atoms with van der Waals surface area (Å²) in [6.45, 7) is 4.98. The van der Waals surface area contributed by atoms with Crippen molar-refractivity contribution in [2.24, 2.45) is 0 Å². The molecule has 0 bridgehead atoms. The SMILES string of the molecule is Cc1ccccc1N1CCN(C(=O)c2cccc3c2C=CS3(O)O)CC1.Cl. The number of benzene rings is 2. The van der Waals surface area contributed by atoms with Gasteiger partial charge in [0, 0.05) is 48.4 Å². The molecule has 1 fully saturated rings. The Hall–Kier alpha value is -1.99. The number of hydrogen-bond donors (Lipinski definition) is 2. The van der Waals surface area contributed by atoms with Gasteiger partial charge in [-0.05, 0) is 36.8 Å². The van der Waals surface area contributed by atoms with Crippen LogP contribution in [-0.2, 0) is 0 Å². The van der Waals surface area contributed by atoms with Gasteiger partial charge in [-0.2, -0.15) is 0 Å². The molecule has 2 aliphatic rings. The molecule has 2 N–H and O–H groups in total. The van der Waals surface area contributed by atoms with Crippen molar-refractivity contribution in [3.63, 3.8) is 0 Å². The predicted octanol–water partition coefficient (Wildman–Crippen LogP) is 4.47. The number of para-hydroxylation sites is 1. The van der Waals surface area contributed by atoms with Crippen LogP contribution in [0, 0.1) is 6.92 Å². The molecule has 1 amide bonds. The zero-order chi connectivity index (χ0) is 18.3. The molecule has 4 rings (SSSR count). The van der Waals surface area contributed by atoms with Crippen LogP contribution in [0.3, 0.4) is 0 Å². The molecule has 27 heavy (non-hydrogen) atoms. The maximum Gasteiger partial charge on any atom is 0.254 e. The van der Waals surface area contributed by atoms with E-state index in [2.05, 4.69) is 24.0 Å². The summed E-state index contributed by atoms with van der Waals surface area (Å²) in [7, 11) is -2.90. The number of amides is 1. The first kappa shape index (κ1) is 19.8. The van der Waals surface area contributed by atoms with Gasteiger partial charge < -0.3 is 9.80 Å². The molecule has 2 heterocycles. The Morgan fingerprint density at radius 3 is 2.41 bits per heavy atom. The zero-order valence-electron chi connectivity index (χ0n) is 15.0. The Morgan fingerprint density at radius 2 is 1.70 bits per heavy atom. The van der Waals surface area contributed by atoms with Gasteiger partial charge >= 0.3 is 0 Å². The average molecular weight is 407 g/mol. The fourth-order valence-electron chi connectivity index (χ4n) is 3.64. The van der Waals surface area contributed by atoms with Crippen LogP contribution < -0.4 is 4.90 Å².